The van der Waals surface area contributed by atoms with Crippen LogP contribution in [0.5, 0.6) is 0 Å². The summed E-state index contributed by atoms with van der Waals surface area (Å²) in [5.74, 6) is -0.252. The van der Waals surface area contributed by atoms with Gasteiger partial charge in [0.05, 0.1) is 16.8 Å². The number of ether oxygens (including phenoxy) is 1. The van der Waals surface area contributed by atoms with Gasteiger partial charge in [-0.15, -0.1) is 0 Å². The number of hydrogen-bond donors (Lipinski definition) is 0. The largest absolute Gasteiger partial charge is 0.459 e. The molecule has 0 heterocycles. The number of hydrogen-bond acceptors (Lipinski definition) is 4. The minimum atomic E-state index is -0.252. The first-order valence-corrected chi connectivity index (χ1v) is 7.03. The Morgan fingerprint density at radius 3 is 2.74 bits per heavy atom. The molecule has 0 aromatic heterocycles. The maximum atomic E-state index is 12.0. The molecular weight excluding hydrogens is 258 g/mol. The van der Waals surface area contributed by atoms with E-state index in [1.807, 2.05) is 18.2 Å². The maximum Gasteiger partial charge on any atom is 0.338 e. The lowest BCUT2D eigenvalue weighted by Gasteiger charge is -2.17. The van der Waals surface area contributed by atoms with Crippen LogP contribution in [0.25, 0.3) is 0 Å². The second-order valence-electron chi connectivity index (χ2n) is 4.79. The molecule has 1 fully saturated rings. The zero-order chi connectivity index (χ0) is 13.5. The average molecular weight is 275 g/mol. The van der Waals surface area contributed by atoms with E-state index in [1.54, 1.807) is 12.1 Å². The van der Waals surface area contributed by atoms with Crippen LogP contribution in [-0.4, -0.2) is 23.3 Å². The number of benzene rings is 1. The van der Waals surface area contributed by atoms with Crippen LogP contribution in [0.3, 0.4) is 0 Å². The molecule has 19 heavy (non-hydrogen) atoms. The van der Waals surface area contributed by atoms with E-state index in [9.17, 15) is 4.79 Å². The summed E-state index contributed by atoms with van der Waals surface area (Å²) >= 11 is 4.66. The van der Waals surface area contributed by atoms with Gasteiger partial charge in [-0.3, -0.25) is 0 Å². The molecule has 0 radical (unpaired) electrons. The van der Waals surface area contributed by atoms with Crippen molar-refractivity contribution in [1.82, 2.24) is 0 Å². The van der Waals surface area contributed by atoms with Gasteiger partial charge in [0, 0.05) is 6.42 Å². The summed E-state index contributed by atoms with van der Waals surface area (Å²) in [5, 5.41) is 2.44. The van der Waals surface area contributed by atoms with E-state index in [4.69, 9.17) is 4.74 Å². The van der Waals surface area contributed by atoms with Gasteiger partial charge in [0.25, 0.3) is 0 Å². The van der Waals surface area contributed by atoms with Crippen LogP contribution in [-0.2, 0) is 4.74 Å². The number of carbonyl (C=O) groups is 1. The monoisotopic (exact) mass is 275 g/mol. The molecule has 0 spiro atoms. The topological polar surface area (TPSA) is 38.7 Å². The Bertz CT molecular complexity index is 468. The van der Waals surface area contributed by atoms with Gasteiger partial charge in [0.2, 0.25) is 0 Å². The van der Waals surface area contributed by atoms with Crippen molar-refractivity contribution in [2.75, 3.05) is 0 Å². The summed E-state index contributed by atoms with van der Waals surface area (Å²) in [6.07, 6.45) is 4.76. The van der Waals surface area contributed by atoms with Crippen LogP contribution < -0.4 is 0 Å². The first-order chi connectivity index (χ1) is 9.29. The van der Waals surface area contributed by atoms with E-state index >= 15 is 0 Å². The van der Waals surface area contributed by atoms with Gasteiger partial charge >= 0.3 is 5.97 Å². The zero-order valence-electron chi connectivity index (χ0n) is 10.7. The van der Waals surface area contributed by atoms with Crippen molar-refractivity contribution in [3.8, 4) is 0 Å². The fourth-order valence-corrected chi connectivity index (χ4v) is 2.53. The molecule has 1 aliphatic carbocycles. The van der Waals surface area contributed by atoms with Crippen LogP contribution in [0.2, 0.25) is 0 Å². The van der Waals surface area contributed by atoms with E-state index in [0.717, 1.165) is 32.1 Å². The van der Waals surface area contributed by atoms with Crippen LogP contribution in [0.4, 0.5) is 0 Å². The minimum Gasteiger partial charge on any atom is -0.459 e. The molecule has 0 aliphatic heterocycles. The molecule has 4 heteroatoms. The highest BCUT2D eigenvalue weighted by atomic mass is 32.1. The quantitative estimate of drug-likeness (QED) is 0.366. The molecule has 100 valence electrons. The molecular formula is C15H17NO2S. The standard InChI is InChI=1S/C15H17NO2S/c17-15(12-6-2-1-3-7-12)18-14-9-5-4-8-13(10-14)16-11-19/h1-3,6-7,13-14H,4-5,8-10H2. The van der Waals surface area contributed by atoms with E-state index in [2.05, 4.69) is 22.4 Å². The number of rotatable bonds is 3. The SMILES string of the molecule is O=C(OC1CCCCC(N=C=S)C1)c1ccccc1. The molecule has 1 saturated carbocycles. The van der Waals surface area contributed by atoms with Gasteiger partial charge < -0.3 is 4.74 Å². The van der Waals surface area contributed by atoms with Crippen molar-refractivity contribution in [2.45, 2.75) is 44.2 Å². The van der Waals surface area contributed by atoms with Crippen molar-refractivity contribution >= 4 is 23.3 Å². The van der Waals surface area contributed by atoms with Crippen molar-refractivity contribution in [3.63, 3.8) is 0 Å². The molecule has 0 N–H and O–H groups in total. The van der Waals surface area contributed by atoms with Gasteiger partial charge in [0.1, 0.15) is 6.10 Å². The summed E-state index contributed by atoms with van der Waals surface area (Å²) in [5.41, 5.74) is 0.599. The lowest BCUT2D eigenvalue weighted by Crippen LogP contribution is -2.21. The summed E-state index contributed by atoms with van der Waals surface area (Å²) < 4.78 is 5.57. The molecule has 2 atom stereocenters. The van der Waals surface area contributed by atoms with E-state index in [0.29, 0.717) is 5.56 Å². The first kappa shape index (κ1) is 13.9. The number of carbonyl (C=O) groups excluding carboxylic acids is 1. The van der Waals surface area contributed by atoms with Crippen molar-refractivity contribution in [1.29, 1.82) is 0 Å². The fourth-order valence-electron chi connectivity index (χ4n) is 2.38. The predicted molar refractivity (Wildman–Crippen MR) is 77.5 cm³/mol. The van der Waals surface area contributed by atoms with Crippen LogP contribution >= 0.6 is 12.2 Å². The molecule has 1 aromatic rings. The van der Waals surface area contributed by atoms with Crippen molar-refractivity contribution in [2.24, 2.45) is 4.99 Å². The van der Waals surface area contributed by atoms with Gasteiger partial charge in [-0.25, -0.2) is 9.79 Å². The Morgan fingerprint density at radius 2 is 2.00 bits per heavy atom. The third kappa shape index (κ3) is 4.27. The van der Waals surface area contributed by atoms with E-state index in [-0.39, 0.29) is 18.1 Å². The molecule has 0 amide bonds. The second-order valence-corrected chi connectivity index (χ2v) is 4.97. The lowest BCUT2D eigenvalue weighted by atomic mass is 10.1. The van der Waals surface area contributed by atoms with E-state index < -0.39 is 0 Å². The number of nitrogens with zero attached hydrogens (tertiary/aromatic N) is 1. The van der Waals surface area contributed by atoms with Crippen LogP contribution in [0, 0.1) is 0 Å². The molecule has 0 saturated heterocycles. The van der Waals surface area contributed by atoms with Gasteiger partial charge in [0.15, 0.2) is 0 Å². The van der Waals surface area contributed by atoms with Crippen LogP contribution in [0.1, 0.15) is 42.5 Å². The highest BCUT2D eigenvalue weighted by molar-refractivity contribution is 7.78. The second kappa shape index (κ2) is 7.17. The predicted octanol–water partition coefficient (Wildman–Crippen LogP) is 3.65. The number of esters is 1. The molecule has 2 unspecified atom stereocenters. The Hall–Kier alpha value is -1.51. The average Bonchev–Trinajstić information content (AvgIpc) is 2.65. The Kier molecular flexibility index (Phi) is 5.25. The molecule has 1 aromatic carbocycles. The third-order valence-electron chi connectivity index (χ3n) is 3.37. The van der Waals surface area contributed by atoms with Crippen molar-refractivity contribution in [3.05, 3.63) is 35.9 Å². The number of aliphatic imine (C=N–C) groups is 1. The lowest BCUT2D eigenvalue weighted by molar-refractivity contribution is 0.0259. The summed E-state index contributed by atoms with van der Waals surface area (Å²) in [7, 11) is 0. The summed E-state index contributed by atoms with van der Waals surface area (Å²) in [4.78, 5) is 16.1. The Morgan fingerprint density at radius 1 is 1.26 bits per heavy atom. The van der Waals surface area contributed by atoms with E-state index in [1.165, 1.54) is 0 Å². The minimum absolute atomic E-state index is 0.0627. The normalized spacial score (nSPS) is 22.9. The molecule has 0 bridgehead atoms. The molecule has 2 rings (SSSR count). The van der Waals surface area contributed by atoms with Crippen molar-refractivity contribution < 1.29 is 9.53 Å². The smallest absolute Gasteiger partial charge is 0.338 e. The molecule has 3 nitrogen and oxygen atoms in total. The zero-order valence-corrected chi connectivity index (χ0v) is 11.6. The Balaban J connectivity index is 1.97. The highest BCUT2D eigenvalue weighted by Crippen LogP contribution is 2.23. The maximum absolute atomic E-state index is 12.0. The van der Waals surface area contributed by atoms with Gasteiger partial charge in [-0.05, 0) is 43.6 Å². The van der Waals surface area contributed by atoms with Gasteiger partial charge in [-0.2, -0.15) is 0 Å². The summed E-state index contributed by atoms with van der Waals surface area (Å²) in [6, 6.07) is 9.24. The molecule has 1 aliphatic rings. The number of isothiocyanates is 1. The van der Waals surface area contributed by atoms with Gasteiger partial charge in [-0.1, -0.05) is 24.6 Å². The fraction of sp³-hybridized carbons (Fsp3) is 0.467. The third-order valence-corrected chi connectivity index (χ3v) is 3.47. The summed E-state index contributed by atoms with van der Waals surface area (Å²) in [6.45, 7) is 0. The number of thiocarbonyl (C=S) groups is 1. The van der Waals surface area contributed by atoms with Crippen LogP contribution in [0.15, 0.2) is 35.3 Å². The highest BCUT2D eigenvalue weighted by Gasteiger charge is 2.23. The first-order valence-electron chi connectivity index (χ1n) is 6.62. The Labute approximate surface area is 118 Å².